The Bertz CT molecular complexity index is 484. The molecule has 1 aliphatic heterocycles. The highest BCUT2D eigenvalue weighted by atomic mass is 32.2. The van der Waals surface area contributed by atoms with Crippen LogP contribution in [0.3, 0.4) is 0 Å². The van der Waals surface area contributed by atoms with E-state index in [2.05, 4.69) is 4.72 Å². The first-order valence-corrected chi connectivity index (χ1v) is 6.75. The summed E-state index contributed by atoms with van der Waals surface area (Å²) in [7, 11) is -1.87. The lowest BCUT2D eigenvalue weighted by atomic mass is 9.98. The summed E-state index contributed by atoms with van der Waals surface area (Å²) in [4.78, 5) is 0. The van der Waals surface area contributed by atoms with Gasteiger partial charge in [-0.1, -0.05) is 25.1 Å². The van der Waals surface area contributed by atoms with Crippen LogP contribution in [0.2, 0.25) is 0 Å². The van der Waals surface area contributed by atoms with Gasteiger partial charge in [0.15, 0.2) is 0 Å². The molecular weight excluding hydrogens is 226 g/mol. The molecule has 0 fully saturated rings. The van der Waals surface area contributed by atoms with E-state index in [9.17, 15) is 8.42 Å². The van der Waals surface area contributed by atoms with Crippen LogP contribution in [-0.4, -0.2) is 22.1 Å². The van der Waals surface area contributed by atoms with Crippen molar-refractivity contribution in [1.82, 2.24) is 4.72 Å². The lowest BCUT2D eigenvalue weighted by Crippen LogP contribution is -2.35. The van der Waals surface area contributed by atoms with Crippen molar-refractivity contribution < 1.29 is 13.2 Å². The van der Waals surface area contributed by atoms with Gasteiger partial charge in [0.05, 0.1) is 6.61 Å². The van der Waals surface area contributed by atoms with Gasteiger partial charge in [-0.2, -0.15) is 0 Å². The number of fused-ring (bicyclic) bond motifs is 1. The smallest absolute Gasteiger partial charge is 0.218 e. The second-order valence-electron chi connectivity index (χ2n) is 4.00. The Morgan fingerprint density at radius 3 is 2.75 bits per heavy atom. The van der Waals surface area contributed by atoms with Crippen LogP contribution in [0.4, 0.5) is 0 Å². The van der Waals surface area contributed by atoms with Gasteiger partial charge in [0.2, 0.25) is 10.0 Å². The predicted molar refractivity (Wildman–Crippen MR) is 61.8 cm³/mol. The average Bonchev–Trinajstić information content (AvgIpc) is 2.28. The Balaban J connectivity index is 2.53. The van der Waals surface area contributed by atoms with Crippen molar-refractivity contribution in [2.75, 3.05) is 13.7 Å². The normalized spacial score (nSPS) is 24.6. The van der Waals surface area contributed by atoms with Gasteiger partial charge in [0.1, 0.15) is 11.0 Å². The summed E-state index contributed by atoms with van der Waals surface area (Å²) in [5.41, 5.74) is 0.746. The quantitative estimate of drug-likeness (QED) is 0.849. The van der Waals surface area contributed by atoms with Gasteiger partial charge < -0.3 is 4.74 Å². The summed E-state index contributed by atoms with van der Waals surface area (Å²) in [6, 6.07) is 7.29. The minimum Gasteiger partial charge on any atom is -0.493 e. The largest absolute Gasteiger partial charge is 0.493 e. The molecule has 2 atom stereocenters. The molecule has 1 N–H and O–H groups in total. The molecule has 2 unspecified atom stereocenters. The molecule has 0 aromatic heterocycles. The molecule has 5 heteroatoms. The van der Waals surface area contributed by atoms with Gasteiger partial charge in [-0.3, -0.25) is 0 Å². The molecular formula is C11H15NO3S. The molecule has 0 bridgehead atoms. The third-order valence-corrected chi connectivity index (χ3v) is 4.82. The third kappa shape index (κ3) is 1.81. The fourth-order valence-electron chi connectivity index (χ4n) is 2.06. The molecule has 0 saturated heterocycles. The fourth-order valence-corrected chi connectivity index (χ4v) is 3.54. The van der Waals surface area contributed by atoms with Crippen molar-refractivity contribution in [2.24, 2.45) is 5.92 Å². The fraction of sp³-hybridized carbons (Fsp3) is 0.455. The summed E-state index contributed by atoms with van der Waals surface area (Å²) >= 11 is 0. The Hall–Kier alpha value is -1.07. The first-order chi connectivity index (χ1) is 7.56. The van der Waals surface area contributed by atoms with E-state index in [0.29, 0.717) is 12.4 Å². The minimum atomic E-state index is -3.31. The van der Waals surface area contributed by atoms with E-state index in [1.54, 1.807) is 6.07 Å². The first-order valence-electron chi connectivity index (χ1n) is 5.20. The zero-order valence-electron chi connectivity index (χ0n) is 9.30. The molecule has 0 saturated carbocycles. The highest BCUT2D eigenvalue weighted by molar-refractivity contribution is 7.89. The second kappa shape index (κ2) is 4.07. The van der Waals surface area contributed by atoms with Gasteiger partial charge in [0.25, 0.3) is 0 Å². The monoisotopic (exact) mass is 241 g/mol. The molecule has 1 aromatic carbocycles. The summed E-state index contributed by atoms with van der Waals surface area (Å²) in [5.74, 6) is 0.622. The zero-order valence-corrected chi connectivity index (χ0v) is 10.1. The lowest BCUT2D eigenvalue weighted by molar-refractivity contribution is 0.227. The summed E-state index contributed by atoms with van der Waals surface area (Å²) < 4.78 is 31.8. The molecule has 1 aliphatic rings. The van der Waals surface area contributed by atoms with Crippen molar-refractivity contribution in [2.45, 2.75) is 12.2 Å². The van der Waals surface area contributed by atoms with Crippen molar-refractivity contribution >= 4 is 10.0 Å². The second-order valence-corrected chi connectivity index (χ2v) is 6.00. The number of hydrogen-bond acceptors (Lipinski definition) is 3. The highest BCUT2D eigenvalue weighted by Gasteiger charge is 2.36. The number of sulfonamides is 1. The topological polar surface area (TPSA) is 55.4 Å². The van der Waals surface area contributed by atoms with Gasteiger partial charge in [-0.05, 0) is 13.1 Å². The number of ether oxygens (including phenoxy) is 1. The Labute approximate surface area is 95.7 Å². The molecule has 1 heterocycles. The molecule has 0 radical (unpaired) electrons. The Morgan fingerprint density at radius 1 is 1.38 bits per heavy atom. The number of hydrogen-bond donors (Lipinski definition) is 1. The van der Waals surface area contributed by atoms with Crippen molar-refractivity contribution in [3.8, 4) is 5.75 Å². The van der Waals surface area contributed by atoms with Gasteiger partial charge in [-0.15, -0.1) is 0 Å². The summed E-state index contributed by atoms with van der Waals surface area (Å²) in [6.45, 7) is 2.32. The SMILES string of the molecule is CNS(=O)(=O)C1c2ccccc2OCC1C. The predicted octanol–water partition coefficient (Wildman–Crippen LogP) is 1.31. The number of nitrogens with one attached hydrogen (secondary N) is 1. The van der Waals surface area contributed by atoms with Crippen LogP contribution in [0.15, 0.2) is 24.3 Å². The van der Waals surface area contributed by atoms with Crippen molar-refractivity contribution in [3.63, 3.8) is 0 Å². The van der Waals surface area contributed by atoms with E-state index in [4.69, 9.17) is 4.74 Å². The van der Waals surface area contributed by atoms with E-state index < -0.39 is 15.3 Å². The van der Waals surface area contributed by atoms with Crippen molar-refractivity contribution in [1.29, 1.82) is 0 Å². The molecule has 0 spiro atoms. The first kappa shape index (κ1) is 11.4. The third-order valence-electron chi connectivity index (χ3n) is 2.86. The maximum absolute atomic E-state index is 12.0. The Morgan fingerprint density at radius 2 is 2.06 bits per heavy atom. The average molecular weight is 241 g/mol. The number of para-hydroxylation sites is 1. The maximum atomic E-state index is 12.0. The summed E-state index contributed by atoms with van der Waals surface area (Å²) in [5, 5.41) is -0.526. The molecule has 2 rings (SSSR count). The van der Waals surface area contributed by atoms with Crippen molar-refractivity contribution in [3.05, 3.63) is 29.8 Å². The lowest BCUT2D eigenvalue weighted by Gasteiger charge is -2.30. The van der Waals surface area contributed by atoms with Crippen LogP contribution in [0, 0.1) is 5.92 Å². The zero-order chi connectivity index (χ0) is 11.8. The number of benzene rings is 1. The van der Waals surface area contributed by atoms with E-state index in [1.165, 1.54) is 7.05 Å². The van der Waals surface area contributed by atoms with E-state index >= 15 is 0 Å². The summed E-state index contributed by atoms with van der Waals surface area (Å²) in [6.07, 6.45) is 0. The van der Waals surface area contributed by atoms with Crippen LogP contribution in [0.1, 0.15) is 17.7 Å². The van der Waals surface area contributed by atoms with Crippen LogP contribution < -0.4 is 9.46 Å². The van der Waals surface area contributed by atoms with Crippen LogP contribution in [-0.2, 0) is 10.0 Å². The van der Waals surface area contributed by atoms with Crippen LogP contribution in [0.25, 0.3) is 0 Å². The minimum absolute atomic E-state index is 0.0488. The Kier molecular flexibility index (Phi) is 2.90. The molecule has 0 aliphatic carbocycles. The van der Waals surface area contributed by atoms with Gasteiger partial charge >= 0.3 is 0 Å². The van der Waals surface area contributed by atoms with Gasteiger partial charge in [-0.25, -0.2) is 13.1 Å². The van der Waals surface area contributed by atoms with E-state index in [-0.39, 0.29) is 5.92 Å². The van der Waals surface area contributed by atoms with E-state index in [0.717, 1.165) is 5.56 Å². The molecule has 4 nitrogen and oxygen atoms in total. The molecule has 16 heavy (non-hydrogen) atoms. The van der Waals surface area contributed by atoms with E-state index in [1.807, 2.05) is 25.1 Å². The van der Waals surface area contributed by atoms with Crippen LogP contribution >= 0.6 is 0 Å². The van der Waals surface area contributed by atoms with Gasteiger partial charge in [0, 0.05) is 11.5 Å². The standard InChI is InChI=1S/C11H15NO3S/c1-8-7-15-10-6-4-3-5-9(10)11(8)16(13,14)12-2/h3-6,8,11-12H,7H2,1-2H3. The molecule has 0 amide bonds. The molecule has 1 aromatic rings. The van der Waals surface area contributed by atoms with Crippen LogP contribution in [0.5, 0.6) is 5.75 Å². The number of rotatable bonds is 2. The molecule has 88 valence electrons. The maximum Gasteiger partial charge on any atom is 0.218 e. The highest BCUT2D eigenvalue weighted by Crippen LogP contribution is 2.39.